The molecule has 1 saturated carbocycles. The molecule has 3 aromatic heterocycles. The molecule has 0 aromatic carbocycles. The molecule has 1 atom stereocenters. The number of rotatable bonds is 4. The zero-order valence-corrected chi connectivity index (χ0v) is 17.2. The van der Waals surface area contributed by atoms with Gasteiger partial charge in [-0.15, -0.1) is 21.5 Å². The number of pyridine rings is 1. The molecule has 0 radical (unpaired) electrons. The summed E-state index contributed by atoms with van der Waals surface area (Å²) >= 11 is 7.43. The highest BCUT2D eigenvalue weighted by molar-refractivity contribution is 7.14. The number of aromatic nitrogens is 3. The minimum absolute atomic E-state index is 0.0690. The first-order valence-electron chi connectivity index (χ1n) is 9.62. The summed E-state index contributed by atoms with van der Waals surface area (Å²) < 4.78 is 2.37. The van der Waals surface area contributed by atoms with Crippen LogP contribution in [0.1, 0.15) is 35.3 Å². The zero-order valence-electron chi connectivity index (χ0n) is 15.7. The zero-order chi connectivity index (χ0) is 20.0. The van der Waals surface area contributed by atoms with Gasteiger partial charge in [0, 0.05) is 19.1 Å². The van der Waals surface area contributed by atoms with Crippen molar-refractivity contribution in [2.45, 2.75) is 31.7 Å². The number of nitrogens with zero attached hydrogens (tertiary/aromatic N) is 4. The molecular weight excluding hydrogens is 410 g/mol. The van der Waals surface area contributed by atoms with Gasteiger partial charge in [0.05, 0.1) is 10.8 Å². The van der Waals surface area contributed by atoms with E-state index in [1.807, 2.05) is 16.3 Å². The number of piperidine rings is 1. The van der Waals surface area contributed by atoms with Crippen LogP contribution in [-0.2, 0) is 11.2 Å². The van der Waals surface area contributed by atoms with E-state index >= 15 is 0 Å². The molecule has 7 nitrogen and oxygen atoms in total. The Bertz CT molecular complexity index is 1090. The SMILES string of the molecule is O=C(NC1CN(C(=O)Cc2csc(Cl)c2)CC2(CC2)C1)c1cccc2nncn12. The highest BCUT2D eigenvalue weighted by Gasteiger charge is 2.49. The second-order valence-electron chi connectivity index (χ2n) is 8.05. The standard InChI is InChI=1S/C20H20ClN5O2S/c21-16-6-13(10-29-16)7-18(27)25-9-14(8-20(11-25)4-5-20)23-19(28)15-2-1-3-17-24-22-12-26(15)17/h1-3,6,10,12,14H,4-5,7-9,11H2,(H,23,28). The van der Waals surface area contributed by atoms with Crippen molar-refractivity contribution in [3.63, 3.8) is 0 Å². The van der Waals surface area contributed by atoms with Crippen LogP contribution in [0.5, 0.6) is 0 Å². The van der Waals surface area contributed by atoms with E-state index < -0.39 is 0 Å². The van der Waals surface area contributed by atoms with Gasteiger partial charge in [0.25, 0.3) is 5.91 Å². The van der Waals surface area contributed by atoms with Crippen molar-refractivity contribution in [3.05, 3.63) is 51.6 Å². The first kappa shape index (κ1) is 18.6. The third-order valence-corrected chi connectivity index (χ3v) is 6.97. The second kappa shape index (κ2) is 7.11. The van der Waals surface area contributed by atoms with Gasteiger partial charge in [0.2, 0.25) is 5.91 Å². The average molecular weight is 430 g/mol. The Morgan fingerprint density at radius 3 is 2.97 bits per heavy atom. The maximum Gasteiger partial charge on any atom is 0.268 e. The summed E-state index contributed by atoms with van der Waals surface area (Å²) in [7, 11) is 0. The molecule has 2 fully saturated rings. The van der Waals surface area contributed by atoms with Crippen molar-refractivity contribution in [3.8, 4) is 0 Å². The lowest BCUT2D eigenvalue weighted by atomic mass is 9.90. The van der Waals surface area contributed by atoms with Crippen molar-refractivity contribution in [1.82, 2.24) is 24.8 Å². The van der Waals surface area contributed by atoms with Gasteiger partial charge in [-0.05, 0) is 53.8 Å². The number of thiophene rings is 1. The molecule has 5 rings (SSSR count). The number of nitrogens with one attached hydrogen (secondary N) is 1. The highest BCUT2D eigenvalue weighted by Crippen LogP contribution is 2.52. The normalized spacial score (nSPS) is 20.2. The van der Waals surface area contributed by atoms with Gasteiger partial charge in [-0.25, -0.2) is 0 Å². The van der Waals surface area contributed by atoms with Gasteiger partial charge in [-0.1, -0.05) is 17.7 Å². The molecule has 2 aliphatic rings. The number of likely N-dealkylation sites (tertiary alicyclic amines) is 1. The summed E-state index contributed by atoms with van der Waals surface area (Å²) in [5.74, 6) is -0.0827. The Morgan fingerprint density at radius 2 is 2.21 bits per heavy atom. The molecule has 2 amide bonds. The number of halogens is 1. The van der Waals surface area contributed by atoms with Crippen LogP contribution in [0.3, 0.4) is 0 Å². The largest absolute Gasteiger partial charge is 0.346 e. The predicted molar refractivity (Wildman–Crippen MR) is 110 cm³/mol. The van der Waals surface area contributed by atoms with Gasteiger partial charge >= 0.3 is 0 Å². The van der Waals surface area contributed by atoms with E-state index in [-0.39, 0.29) is 23.3 Å². The predicted octanol–water partition coefficient (Wildman–Crippen LogP) is 2.80. The number of carbonyl (C=O) groups is 2. The number of carbonyl (C=O) groups excluding carboxylic acids is 2. The average Bonchev–Trinajstić information content (AvgIpc) is 3.08. The van der Waals surface area contributed by atoms with Gasteiger partial charge in [0.15, 0.2) is 5.65 Å². The van der Waals surface area contributed by atoms with E-state index in [1.165, 1.54) is 17.7 Å². The second-order valence-corrected chi connectivity index (χ2v) is 9.60. The Morgan fingerprint density at radius 1 is 1.34 bits per heavy atom. The van der Waals surface area contributed by atoms with Crippen LogP contribution in [0.2, 0.25) is 4.34 Å². The Balaban J connectivity index is 1.30. The molecule has 1 aliphatic carbocycles. The summed E-state index contributed by atoms with van der Waals surface area (Å²) in [5, 5.41) is 12.9. The molecule has 1 N–H and O–H groups in total. The number of fused-ring (bicyclic) bond motifs is 1. The summed E-state index contributed by atoms with van der Waals surface area (Å²) in [4.78, 5) is 27.7. The van der Waals surface area contributed by atoms with Crippen molar-refractivity contribution in [2.24, 2.45) is 5.41 Å². The first-order valence-corrected chi connectivity index (χ1v) is 10.9. The molecule has 1 aliphatic heterocycles. The lowest BCUT2D eigenvalue weighted by Crippen LogP contribution is -2.53. The van der Waals surface area contributed by atoms with Crippen LogP contribution in [0.25, 0.3) is 5.65 Å². The van der Waals surface area contributed by atoms with Gasteiger partial charge in [-0.3, -0.25) is 14.0 Å². The van der Waals surface area contributed by atoms with E-state index in [0.717, 1.165) is 31.4 Å². The van der Waals surface area contributed by atoms with E-state index in [2.05, 4.69) is 15.5 Å². The Labute approximate surface area is 176 Å². The molecule has 0 bridgehead atoms. The summed E-state index contributed by atoms with van der Waals surface area (Å²) in [6.45, 7) is 1.31. The van der Waals surface area contributed by atoms with Crippen LogP contribution >= 0.6 is 22.9 Å². The van der Waals surface area contributed by atoms with Crippen LogP contribution in [0, 0.1) is 5.41 Å². The van der Waals surface area contributed by atoms with Crippen LogP contribution in [-0.4, -0.2) is 50.4 Å². The van der Waals surface area contributed by atoms with Crippen molar-refractivity contribution >= 4 is 40.4 Å². The van der Waals surface area contributed by atoms with Crippen molar-refractivity contribution in [2.75, 3.05) is 13.1 Å². The molecule has 150 valence electrons. The van der Waals surface area contributed by atoms with E-state index in [0.29, 0.717) is 28.6 Å². The van der Waals surface area contributed by atoms with Gasteiger partial charge in [-0.2, -0.15) is 0 Å². The molecule has 1 unspecified atom stereocenters. The summed E-state index contributed by atoms with van der Waals surface area (Å²) in [6, 6.07) is 7.13. The molecule has 1 spiro atoms. The van der Waals surface area contributed by atoms with Gasteiger partial charge in [0.1, 0.15) is 12.0 Å². The summed E-state index contributed by atoms with van der Waals surface area (Å²) in [5.41, 5.74) is 2.22. The van der Waals surface area contributed by atoms with Crippen LogP contribution in [0.15, 0.2) is 36.0 Å². The monoisotopic (exact) mass is 429 g/mol. The number of hydrogen-bond donors (Lipinski definition) is 1. The number of amides is 2. The minimum atomic E-state index is -0.171. The quantitative estimate of drug-likeness (QED) is 0.691. The third-order valence-electron chi connectivity index (χ3n) is 5.83. The first-order chi connectivity index (χ1) is 14.0. The van der Waals surface area contributed by atoms with Crippen LogP contribution in [0.4, 0.5) is 0 Å². The molecule has 4 heterocycles. The lowest BCUT2D eigenvalue weighted by Gasteiger charge is -2.38. The highest BCUT2D eigenvalue weighted by atomic mass is 35.5. The van der Waals surface area contributed by atoms with Crippen molar-refractivity contribution in [1.29, 1.82) is 0 Å². The minimum Gasteiger partial charge on any atom is -0.346 e. The molecule has 9 heteroatoms. The van der Waals surface area contributed by atoms with Crippen LogP contribution < -0.4 is 5.32 Å². The van der Waals surface area contributed by atoms with E-state index in [9.17, 15) is 9.59 Å². The molecule has 3 aromatic rings. The third kappa shape index (κ3) is 3.74. The number of hydrogen-bond acceptors (Lipinski definition) is 5. The maximum absolute atomic E-state index is 12.9. The fourth-order valence-corrected chi connectivity index (χ4v) is 5.14. The Kier molecular flexibility index (Phi) is 4.55. The summed E-state index contributed by atoms with van der Waals surface area (Å²) in [6.07, 6.45) is 5.00. The molecule has 1 saturated heterocycles. The fourth-order valence-electron chi connectivity index (χ4n) is 4.23. The van der Waals surface area contributed by atoms with Crippen molar-refractivity contribution < 1.29 is 9.59 Å². The van der Waals surface area contributed by atoms with E-state index in [4.69, 9.17) is 11.6 Å². The lowest BCUT2D eigenvalue weighted by molar-refractivity contribution is -0.133. The van der Waals surface area contributed by atoms with E-state index in [1.54, 1.807) is 22.6 Å². The topological polar surface area (TPSA) is 79.6 Å². The molecular formula is C20H20ClN5O2S. The smallest absolute Gasteiger partial charge is 0.268 e. The fraction of sp³-hybridized carbons (Fsp3) is 0.400. The molecule has 29 heavy (non-hydrogen) atoms. The maximum atomic E-state index is 12.9. The van der Waals surface area contributed by atoms with Gasteiger partial charge < -0.3 is 10.2 Å². The Hall–Kier alpha value is -2.45.